The van der Waals surface area contributed by atoms with Gasteiger partial charge in [0.2, 0.25) is 11.8 Å². The predicted octanol–water partition coefficient (Wildman–Crippen LogP) is 1.30. The van der Waals surface area contributed by atoms with Crippen LogP contribution in [0.25, 0.3) is 0 Å². The van der Waals surface area contributed by atoms with Gasteiger partial charge in [0.25, 0.3) is 0 Å². The van der Waals surface area contributed by atoms with Crippen LogP contribution in [0.4, 0.5) is 0 Å². The van der Waals surface area contributed by atoms with Crippen molar-refractivity contribution in [3.8, 4) is 0 Å². The maximum Gasteiger partial charge on any atom is 0.243 e. The molecule has 0 spiro atoms. The van der Waals surface area contributed by atoms with Gasteiger partial charge in [0.05, 0.1) is 6.54 Å². The van der Waals surface area contributed by atoms with E-state index in [9.17, 15) is 9.59 Å². The quantitative estimate of drug-likeness (QED) is 0.694. The molecular formula is C12H22N2O2. The summed E-state index contributed by atoms with van der Waals surface area (Å²) in [5, 5.41) is 2.63. The molecule has 1 rings (SSSR count). The summed E-state index contributed by atoms with van der Waals surface area (Å²) in [4.78, 5) is 25.0. The average molecular weight is 226 g/mol. The fourth-order valence-electron chi connectivity index (χ4n) is 2.09. The van der Waals surface area contributed by atoms with E-state index in [0.717, 1.165) is 19.4 Å². The summed E-state index contributed by atoms with van der Waals surface area (Å²) >= 11 is 0. The van der Waals surface area contributed by atoms with Gasteiger partial charge in [-0.1, -0.05) is 33.1 Å². The standard InChI is InChI=1S/C12H22N2O2/c1-3-5-6-7-8-14-10(4-2)12(16)13-9-11(14)15/h10H,3-9H2,1-2H3,(H,13,16). The normalized spacial score (nSPS) is 21.1. The molecule has 1 atom stereocenters. The van der Waals surface area contributed by atoms with Crippen LogP contribution in [0, 0.1) is 0 Å². The van der Waals surface area contributed by atoms with Crippen LogP contribution in [0.15, 0.2) is 0 Å². The molecular weight excluding hydrogens is 204 g/mol. The Kier molecular flexibility index (Phi) is 5.29. The van der Waals surface area contributed by atoms with Crippen molar-refractivity contribution < 1.29 is 9.59 Å². The van der Waals surface area contributed by atoms with E-state index in [0.29, 0.717) is 6.42 Å². The van der Waals surface area contributed by atoms with Crippen molar-refractivity contribution in [3.05, 3.63) is 0 Å². The van der Waals surface area contributed by atoms with Crippen molar-refractivity contribution in [2.75, 3.05) is 13.1 Å². The topological polar surface area (TPSA) is 49.4 Å². The molecule has 0 saturated carbocycles. The lowest BCUT2D eigenvalue weighted by molar-refractivity contribution is -0.145. The molecule has 4 nitrogen and oxygen atoms in total. The molecule has 1 aliphatic rings. The molecule has 0 aromatic heterocycles. The molecule has 0 aromatic carbocycles. The summed E-state index contributed by atoms with van der Waals surface area (Å²) in [6, 6.07) is -0.247. The van der Waals surface area contributed by atoms with Gasteiger partial charge < -0.3 is 10.2 Å². The number of hydrogen-bond donors (Lipinski definition) is 1. The largest absolute Gasteiger partial charge is 0.345 e. The summed E-state index contributed by atoms with van der Waals surface area (Å²) in [6.07, 6.45) is 5.23. The lowest BCUT2D eigenvalue weighted by Gasteiger charge is -2.34. The first kappa shape index (κ1) is 13.0. The number of rotatable bonds is 6. The summed E-state index contributed by atoms with van der Waals surface area (Å²) in [5.74, 6) is 0.0561. The minimum atomic E-state index is -0.247. The third kappa shape index (κ3) is 3.22. The van der Waals surface area contributed by atoms with E-state index in [2.05, 4.69) is 12.2 Å². The van der Waals surface area contributed by atoms with Gasteiger partial charge in [0.15, 0.2) is 0 Å². The third-order valence-corrected chi connectivity index (χ3v) is 3.05. The van der Waals surface area contributed by atoms with Gasteiger partial charge in [0.1, 0.15) is 6.04 Å². The second-order valence-electron chi connectivity index (χ2n) is 4.29. The fourth-order valence-corrected chi connectivity index (χ4v) is 2.09. The summed E-state index contributed by atoms with van der Waals surface area (Å²) in [6.45, 7) is 5.00. The molecule has 1 unspecified atom stereocenters. The lowest BCUT2D eigenvalue weighted by Crippen LogP contribution is -2.58. The maximum atomic E-state index is 11.7. The molecule has 0 aromatic rings. The van der Waals surface area contributed by atoms with Crippen LogP contribution in [0.3, 0.4) is 0 Å². The number of carbonyl (C=O) groups excluding carboxylic acids is 2. The van der Waals surface area contributed by atoms with Crippen molar-refractivity contribution in [1.29, 1.82) is 0 Å². The van der Waals surface area contributed by atoms with E-state index in [1.54, 1.807) is 4.90 Å². The highest BCUT2D eigenvalue weighted by molar-refractivity contribution is 5.94. The summed E-state index contributed by atoms with van der Waals surface area (Å²) in [7, 11) is 0. The lowest BCUT2D eigenvalue weighted by atomic mass is 10.1. The molecule has 0 aliphatic carbocycles. The van der Waals surface area contributed by atoms with Gasteiger partial charge in [-0.3, -0.25) is 9.59 Å². The molecule has 1 heterocycles. The van der Waals surface area contributed by atoms with Crippen LogP contribution in [0.1, 0.15) is 46.0 Å². The van der Waals surface area contributed by atoms with Crippen LogP contribution in [0.2, 0.25) is 0 Å². The first-order valence-corrected chi connectivity index (χ1v) is 6.27. The number of nitrogens with zero attached hydrogens (tertiary/aromatic N) is 1. The molecule has 16 heavy (non-hydrogen) atoms. The zero-order valence-corrected chi connectivity index (χ0v) is 10.3. The van der Waals surface area contributed by atoms with Crippen LogP contribution < -0.4 is 5.32 Å². The average Bonchev–Trinajstić information content (AvgIpc) is 2.29. The molecule has 92 valence electrons. The smallest absolute Gasteiger partial charge is 0.243 e. The van der Waals surface area contributed by atoms with E-state index in [-0.39, 0.29) is 24.4 Å². The molecule has 0 bridgehead atoms. The van der Waals surface area contributed by atoms with Crippen molar-refractivity contribution >= 4 is 11.8 Å². The Morgan fingerprint density at radius 2 is 2.00 bits per heavy atom. The molecule has 0 radical (unpaired) electrons. The number of nitrogens with one attached hydrogen (secondary N) is 1. The van der Waals surface area contributed by atoms with E-state index in [1.807, 2.05) is 6.92 Å². The van der Waals surface area contributed by atoms with E-state index >= 15 is 0 Å². The van der Waals surface area contributed by atoms with Crippen molar-refractivity contribution in [3.63, 3.8) is 0 Å². The number of hydrogen-bond acceptors (Lipinski definition) is 2. The second kappa shape index (κ2) is 6.51. The minimum Gasteiger partial charge on any atom is -0.345 e. The maximum absolute atomic E-state index is 11.7. The monoisotopic (exact) mass is 226 g/mol. The molecule has 1 aliphatic heterocycles. The van der Waals surface area contributed by atoms with Crippen molar-refractivity contribution in [2.24, 2.45) is 0 Å². The first-order valence-electron chi connectivity index (χ1n) is 6.27. The zero-order valence-electron chi connectivity index (χ0n) is 10.3. The van der Waals surface area contributed by atoms with Gasteiger partial charge >= 0.3 is 0 Å². The van der Waals surface area contributed by atoms with Gasteiger partial charge in [-0.25, -0.2) is 0 Å². The predicted molar refractivity (Wildman–Crippen MR) is 62.9 cm³/mol. The van der Waals surface area contributed by atoms with Crippen LogP contribution >= 0.6 is 0 Å². The van der Waals surface area contributed by atoms with Gasteiger partial charge in [0, 0.05) is 6.54 Å². The van der Waals surface area contributed by atoms with E-state index in [4.69, 9.17) is 0 Å². The van der Waals surface area contributed by atoms with Crippen molar-refractivity contribution in [1.82, 2.24) is 10.2 Å². The summed E-state index contributed by atoms with van der Waals surface area (Å²) < 4.78 is 0. The molecule has 4 heteroatoms. The SMILES string of the molecule is CCCCCCN1C(=O)CNC(=O)C1CC. The Bertz CT molecular complexity index is 253. The number of unbranched alkanes of at least 4 members (excludes halogenated alkanes) is 3. The first-order chi connectivity index (χ1) is 7.70. The molecule has 1 fully saturated rings. The number of amides is 2. The van der Waals surface area contributed by atoms with Crippen LogP contribution in [0.5, 0.6) is 0 Å². The minimum absolute atomic E-state index is 0.00223. The highest BCUT2D eigenvalue weighted by atomic mass is 16.2. The van der Waals surface area contributed by atoms with Gasteiger partial charge in [-0.15, -0.1) is 0 Å². The third-order valence-electron chi connectivity index (χ3n) is 3.05. The number of carbonyl (C=O) groups is 2. The van der Waals surface area contributed by atoms with Crippen molar-refractivity contribution in [2.45, 2.75) is 52.0 Å². The Balaban J connectivity index is 2.45. The molecule has 2 amide bonds. The second-order valence-corrected chi connectivity index (χ2v) is 4.29. The van der Waals surface area contributed by atoms with Crippen LogP contribution in [-0.2, 0) is 9.59 Å². The Hall–Kier alpha value is -1.06. The Labute approximate surface area is 97.4 Å². The highest BCUT2D eigenvalue weighted by Gasteiger charge is 2.32. The van der Waals surface area contributed by atoms with E-state index < -0.39 is 0 Å². The molecule has 1 N–H and O–H groups in total. The van der Waals surface area contributed by atoms with E-state index in [1.165, 1.54) is 12.8 Å². The van der Waals surface area contributed by atoms with Gasteiger partial charge in [-0.05, 0) is 12.8 Å². The number of piperazine rings is 1. The zero-order chi connectivity index (χ0) is 12.0. The Morgan fingerprint density at radius 3 is 2.62 bits per heavy atom. The molecule has 1 saturated heterocycles. The Morgan fingerprint density at radius 1 is 1.25 bits per heavy atom. The van der Waals surface area contributed by atoms with Crippen LogP contribution in [-0.4, -0.2) is 35.8 Å². The summed E-state index contributed by atoms with van der Waals surface area (Å²) in [5.41, 5.74) is 0. The highest BCUT2D eigenvalue weighted by Crippen LogP contribution is 2.11. The fraction of sp³-hybridized carbons (Fsp3) is 0.833. The van der Waals surface area contributed by atoms with Gasteiger partial charge in [-0.2, -0.15) is 0 Å².